The van der Waals surface area contributed by atoms with Crippen molar-refractivity contribution in [1.82, 2.24) is 4.90 Å². The van der Waals surface area contributed by atoms with Crippen molar-refractivity contribution in [2.24, 2.45) is 5.92 Å². The molecule has 0 N–H and O–H groups in total. The summed E-state index contributed by atoms with van der Waals surface area (Å²) in [4.78, 5) is 13.7. The Morgan fingerprint density at radius 2 is 1.80 bits per heavy atom. The van der Waals surface area contributed by atoms with Gasteiger partial charge in [-0.25, -0.2) is 0 Å². The maximum absolute atomic E-state index is 11.2. The number of Topliss-reactive ketones (excluding diaryl/α,β-unsaturated/α-hetero) is 1. The monoisotopic (exact) mass is 387 g/mol. The van der Waals surface area contributed by atoms with Crippen molar-refractivity contribution in [2.75, 3.05) is 19.6 Å². The number of piperidine rings is 1. The Bertz CT molecular complexity index is 383. The number of benzene rings is 1. The van der Waals surface area contributed by atoms with Crippen molar-refractivity contribution in [3.8, 4) is 0 Å². The van der Waals surface area contributed by atoms with Gasteiger partial charge in [-0.2, -0.15) is 0 Å². The Labute approximate surface area is 140 Å². The smallest absolute Gasteiger partial charge is 0.135 e. The predicted molar refractivity (Wildman–Crippen MR) is 94.6 cm³/mol. The zero-order valence-corrected chi connectivity index (χ0v) is 14.7. The molecule has 0 amide bonds. The number of hydrogen-bond donors (Lipinski definition) is 0. The average molecular weight is 387 g/mol. The van der Waals surface area contributed by atoms with Crippen LogP contribution in [0.5, 0.6) is 0 Å². The minimum absolute atomic E-state index is 0. The van der Waals surface area contributed by atoms with Gasteiger partial charge in [-0.15, -0.1) is 24.0 Å². The molecule has 1 atom stereocenters. The second-order valence-electron chi connectivity index (χ2n) is 5.64. The number of carbonyl (C=O) groups is 1. The van der Waals surface area contributed by atoms with Crippen molar-refractivity contribution in [3.63, 3.8) is 0 Å². The van der Waals surface area contributed by atoms with Crippen LogP contribution in [0.3, 0.4) is 0 Å². The van der Waals surface area contributed by atoms with E-state index in [4.69, 9.17) is 0 Å². The third-order valence-corrected chi connectivity index (χ3v) is 4.19. The number of hydrogen-bond acceptors (Lipinski definition) is 2. The molecule has 112 valence electrons. The largest absolute Gasteiger partial charge is 0.302 e. The summed E-state index contributed by atoms with van der Waals surface area (Å²) in [6.07, 6.45) is 5.18. The van der Waals surface area contributed by atoms with Crippen LogP contribution in [0.15, 0.2) is 30.3 Å². The Morgan fingerprint density at radius 3 is 2.40 bits per heavy atom. The standard InChI is InChI=1S/C17H25NO.HI/c1-2-15(8-9-16-6-4-3-5-7-16)14-18-12-10-17(19)11-13-18;/h3-7,15H,2,8-14H2,1H3;1H. The zero-order chi connectivity index (χ0) is 13.5. The van der Waals surface area contributed by atoms with Crippen LogP contribution in [-0.4, -0.2) is 30.3 Å². The van der Waals surface area contributed by atoms with Gasteiger partial charge in [0.25, 0.3) is 0 Å². The number of rotatable bonds is 6. The molecule has 1 heterocycles. The van der Waals surface area contributed by atoms with Gasteiger partial charge in [-0.1, -0.05) is 43.7 Å². The second kappa shape index (κ2) is 9.50. The second-order valence-corrected chi connectivity index (χ2v) is 5.64. The molecule has 1 saturated heterocycles. The van der Waals surface area contributed by atoms with E-state index in [0.717, 1.165) is 38.4 Å². The fourth-order valence-corrected chi connectivity index (χ4v) is 2.79. The first-order valence-corrected chi connectivity index (χ1v) is 7.56. The van der Waals surface area contributed by atoms with Gasteiger partial charge in [-0.3, -0.25) is 4.79 Å². The fourth-order valence-electron chi connectivity index (χ4n) is 2.79. The van der Waals surface area contributed by atoms with Crippen LogP contribution in [0.4, 0.5) is 0 Å². The molecule has 0 bridgehead atoms. The number of ketones is 1. The number of aryl methyl sites for hydroxylation is 1. The zero-order valence-electron chi connectivity index (χ0n) is 12.4. The quantitative estimate of drug-likeness (QED) is 0.690. The van der Waals surface area contributed by atoms with Crippen LogP contribution in [0.2, 0.25) is 0 Å². The van der Waals surface area contributed by atoms with Crippen molar-refractivity contribution in [2.45, 2.75) is 39.0 Å². The lowest BCUT2D eigenvalue weighted by Crippen LogP contribution is -2.37. The molecule has 3 heteroatoms. The topological polar surface area (TPSA) is 20.3 Å². The number of carbonyl (C=O) groups excluding carboxylic acids is 1. The van der Waals surface area contributed by atoms with Gasteiger partial charge < -0.3 is 4.90 Å². The van der Waals surface area contributed by atoms with Crippen LogP contribution in [0.25, 0.3) is 0 Å². The Hall–Kier alpha value is -0.420. The molecule has 1 unspecified atom stereocenters. The summed E-state index contributed by atoms with van der Waals surface area (Å²) >= 11 is 0. The van der Waals surface area contributed by atoms with E-state index in [1.165, 1.54) is 24.8 Å². The van der Waals surface area contributed by atoms with E-state index < -0.39 is 0 Å². The van der Waals surface area contributed by atoms with Crippen LogP contribution in [-0.2, 0) is 11.2 Å². The van der Waals surface area contributed by atoms with Crippen molar-refractivity contribution >= 4 is 29.8 Å². The molecule has 20 heavy (non-hydrogen) atoms. The van der Waals surface area contributed by atoms with Gasteiger partial charge in [0.1, 0.15) is 5.78 Å². The van der Waals surface area contributed by atoms with Gasteiger partial charge in [0, 0.05) is 32.5 Å². The third kappa shape index (κ3) is 5.92. The van der Waals surface area contributed by atoms with Crippen LogP contribution in [0.1, 0.15) is 38.2 Å². The van der Waals surface area contributed by atoms with E-state index in [-0.39, 0.29) is 24.0 Å². The maximum Gasteiger partial charge on any atom is 0.135 e. The molecule has 1 aromatic rings. The molecule has 0 aromatic heterocycles. The van der Waals surface area contributed by atoms with Gasteiger partial charge >= 0.3 is 0 Å². The molecule has 0 spiro atoms. The van der Waals surface area contributed by atoms with Gasteiger partial charge in [0.05, 0.1) is 0 Å². The van der Waals surface area contributed by atoms with E-state index in [1.807, 2.05) is 0 Å². The Morgan fingerprint density at radius 1 is 1.15 bits per heavy atom. The average Bonchev–Trinajstić information content (AvgIpc) is 2.46. The van der Waals surface area contributed by atoms with Gasteiger partial charge in [0.2, 0.25) is 0 Å². The minimum atomic E-state index is 0. The molecule has 0 saturated carbocycles. The van der Waals surface area contributed by atoms with Crippen molar-refractivity contribution in [1.29, 1.82) is 0 Å². The summed E-state index contributed by atoms with van der Waals surface area (Å²) in [6.45, 7) is 5.39. The summed E-state index contributed by atoms with van der Waals surface area (Å²) in [5.41, 5.74) is 1.44. The molecule has 2 rings (SSSR count). The van der Waals surface area contributed by atoms with E-state index >= 15 is 0 Å². The summed E-state index contributed by atoms with van der Waals surface area (Å²) in [6, 6.07) is 10.7. The predicted octanol–water partition coefficient (Wildman–Crippen LogP) is 3.93. The highest BCUT2D eigenvalue weighted by Crippen LogP contribution is 2.17. The molecule has 0 aliphatic carbocycles. The lowest BCUT2D eigenvalue weighted by atomic mass is 9.95. The maximum atomic E-state index is 11.2. The summed E-state index contributed by atoms with van der Waals surface area (Å²) in [5, 5.41) is 0. The first-order chi connectivity index (χ1) is 9.28. The third-order valence-electron chi connectivity index (χ3n) is 4.19. The molecule has 1 fully saturated rings. The van der Waals surface area contributed by atoms with Gasteiger partial charge in [-0.05, 0) is 24.3 Å². The molecule has 0 radical (unpaired) electrons. The number of halogens is 1. The molecule has 1 aromatic carbocycles. The number of nitrogens with zero attached hydrogens (tertiary/aromatic N) is 1. The highest BCUT2D eigenvalue weighted by molar-refractivity contribution is 14.0. The molecule has 1 aliphatic heterocycles. The molecule has 1 aliphatic rings. The van der Waals surface area contributed by atoms with E-state index in [9.17, 15) is 4.79 Å². The summed E-state index contributed by atoms with van der Waals surface area (Å²) in [7, 11) is 0. The van der Waals surface area contributed by atoms with Crippen LogP contribution < -0.4 is 0 Å². The van der Waals surface area contributed by atoms with Crippen LogP contribution >= 0.6 is 24.0 Å². The number of likely N-dealkylation sites (tertiary alicyclic amines) is 1. The fraction of sp³-hybridized carbons (Fsp3) is 0.588. The lowest BCUT2D eigenvalue weighted by molar-refractivity contribution is -0.121. The summed E-state index contributed by atoms with van der Waals surface area (Å²) in [5.74, 6) is 1.20. The molecule has 2 nitrogen and oxygen atoms in total. The lowest BCUT2D eigenvalue weighted by Gasteiger charge is -2.29. The first kappa shape index (κ1) is 17.6. The highest BCUT2D eigenvalue weighted by atomic mass is 127. The molecular formula is C17H26INO. The van der Waals surface area contributed by atoms with Crippen molar-refractivity contribution < 1.29 is 4.79 Å². The SMILES string of the molecule is CCC(CCc1ccccc1)CN1CCC(=O)CC1.I. The van der Waals surface area contributed by atoms with E-state index in [0.29, 0.717) is 5.78 Å². The first-order valence-electron chi connectivity index (χ1n) is 7.56. The Kier molecular flexibility index (Phi) is 8.38. The highest BCUT2D eigenvalue weighted by Gasteiger charge is 2.18. The van der Waals surface area contributed by atoms with Crippen LogP contribution in [0, 0.1) is 5.92 Å². The summed E-state index contributed by atoms with van der Waals surface area (Å²) < 4.78 is 0. The minimum Gasteiger partial charge on any atom is -0.302 e. The van der Waals surface area contributed by atoms with Gasteiger partial charge in [0.15, 0.2) is 0 Å². The normalized spacial score (nSPS) is 17.6. The Balaban J connectivity index is 0.00000200. The molecular weight excluding hydrogens is 361 g/mol. The van der Waals surface area contributed by atoms with E-state index in [2.05, 4.69) is 42.2 Å². The van der Waals surface area contributed by atoms with E-state index in [1.54, 1.807) is 0 Å². The van der Waals surface area contributed by atoms with Crippen molar-refractivity contribution in [3.05, 3.63) is 35.9 Å².